The summed E-state index contributed by atoms with van der Waals surface area (Å²) in [6.07, 6.45) is 0.500. The first-order valence-electron chi connectivity index (χ1n) is 11.1. The summed E-state index contributed by atoms with van der Waals surface area (Å²) in [6.45, 7) is 4.06. The van der Waals surface area contributed by atoms with Crippen LogP contribution in [-0.4, -0.2) is 29.8 Å². The molecule has 7 heteroatoms. The molecule has 0 unspecified atom stereocenters. The summed E-state index contributed by atoms with van der Waals surface area (Å²) >= 11 is 0. The molecule has 0 saturated heterocycles. The van der Waals surface area contributed by atoms with Crippen LogP contribution in [0.2, 0.25) is 0 Å². The first-order chi connectivity index (χ1) is 16.4. The van der Waals surface area contributed by atoms with Crippen LogP contribution in [0.3, 0.4) is 0 Å². The molecule has 1 aromatic heterocycles. The Morgan fingerprint density at radius 2 is 1.62 bits per heavy atom. The van der Waals surface area contributed by atoms with E-state index in [1.165, 1.54) is 18.9 Å². The van der Waals surface area contributed by atoms with Gasteiger partial charge in [-0.15, -0.1) is 0 Å². The molecule has 3 aromatic carbocycles. The number of aromatic nitrogens is 2. The Kier molecular flexibility index (Phi) is 6.63. The topological polar surface area (TPSA) is 82.5 Å². The van der Waals surface area contributed by atoms with Crippen LogP contribution in [0, 0.1) is 5.92 Å². The molecule has 0 bridgehead atoms. The highest BCUT2D eigenvalue weighted by Crippen LogP contribution is 2.30. The lowest BCUT2D eigenvalue weighted by molar-refractivity contribution is 0.101. The van der Waals surface area contributed by atoms with Gasteiger partial charge in [-0.05, 0) is 29.2 Å². The third kappa shape index (κ3) is 4.50. The predicted molar refractivity (Wildman–Crippen MR) is 133 cm³/mol. The third-order valence-electron chi connectivity index (χ3n) is 5.50. The number of nitrogens with zero attached hydrogens (tertiary/aromatic N) is 2. The third-order valence-corrected chi connectivity index (χ3v) is 5.50. The van der Waals surface area contributed by atoms with Gasteiger partial charge in [0.2, 0.25) is 0 Å². The summed E-state index contributed by atoms with van der Waals surface area (Å²) in [5, 5.41) is 0.321. The number of carbonyl (C=O) groups is 1. The summed E-state index contributed by atoms with van der Waals surface area (Å²) in [6, 6.07) is 20.2. The highest BCUT2D eigenvalue weighted by molar-refractivity contribution is 6.05. The minimum Gasteiger partial charge on any atom is -0.493 e. The molecule has 174 valence electrons. The molecule has 1 amide bonds. The monoisotopic (exact) mass is 457 g/mol. The van der Waals surface area contributed by atoms with E-state index >= 15 is 0 Å². The molecule has 0 aliphatic rings. The Hall–Kier alpha value is -4.13. The average Bonchev–Trinajstić information content (AvgIpc) is 2.85. The van der Waals surface area contributed by atoms with Crippen molar-refractivity contribution in [3.05, 3.63) is 88.5 Å². The number of hydrogen-bond donors (Lipinski definition) is 1. The number of rotatable bonds is 7. The molecule has 0 radical (unpaired) electrons. The van der Waals surface area contributed by atoms with E-state index in [9.17, 15) is 9.59 Å². The molecule has 0 aliphatic heterocycles. The van der Waals surface area contributed by atoms with E-state index in [0.29, 0.717) is 40.2 Å². The minimum atomic E-state index is -0.395. The molecule has 0 aliphatic carbocycles. The summed E-state index contributed by atoms with van der Waals surface area (Å²) < 4.78 is 12.0. The van der Waals surface area contributed by atoms with Crippen molar-refractivity contribution in [2.45, 2.75) is 20.3 Å². The number of hydrogen-bond acceptors (Lipinski definition) is 5. The first kappa shape index (κ1) is 23.0. The van der Waals surface area contributed by atoms with Crippen LogP contribution in [-0.2, 0) is 6.42 Å². The number of nitrogens with one attached hydrogen (secondary N) is 1. The van der Waals surface area contributed by atoms with Crippen LogP contribution in [0.25, 0.3) is 22.0 Å². The van der Waals surface area contributed by atoms with E-state index < -0.39 is 5.91 Å². The van der Waals surface area contributed by atoms with Crippen LogP contribution in [0.5, 0.6) is 11.5 Å². The van der Waals surface area contributed by atoms with E-state index in [4.69, 9.17) is 14.5 Å². The van der Waals surface area contributed by atoms with Gasteiger partial charge in [0.25, 0.3) is 11.5 Å². The molecular formula is C27H27N3O4. The second kappa shape index (κ2) is 9.79. The molecule has 0 atom stereocenters. The molecule has 34 heavy (non-hydrogen) atoms. The number of amides is 1. The van der Waals surface area contributed by atoms with E-state index in [0.717, 1.165) is 11.1 Å². The van der Waals surface area contributed by atoms with Gasteiger partial charge < -0.3 is 9.47 Å². The van der Waals surface area contributed by atoms with Crippen molar-refractivity contribution >= 4 is 16.8 Å². The maximum atomic E-state index is 13.5. The van der Waals surface area contributed by atoms with Crippen molar-refractivity contribution in [3.63, 3.8) is 0 Å². The van der Waals surface area contributed by atoms with Crippen LogP contribution >= 0.6 is 0 Å². The molecule has 1 heterocycles. The molecule has 1 N–H and O–H groups in total. The number of methoxy groups -OCH3 is 2. The normalized spacial score (nSPS) is 11.0. The highest BCUT2D eigenvalue weighted by atomic mass is 16.5. The number of fused-ring (bicyclic) bond motifs is 1. The molecule has 0 fully saturated rings. The molecule has 0 saturated carbocycles. The lowest BCUT2D eigenvalue weighted by Gasteiger charge is -2.17. The van der Waals surface area contributed by atoms with Crippen molar-refractivity contribution in [2.75, 3.05) is 19.6 Å². The Balaban J connectivity index is 1.84. The average molecular weight is 458 g/mol. The van der Waals surface area contributed by atoms with E-state index in [-0.39, 0.29) is 11.5 Å². The highest BCUT2D eigenvalue weighted by Gasteiger charge is 2.19. The fourth-order valence-electron chi connectivity index (χ4n) is 3.89. The Bertz CT molecular complexity index is 1390. The predicted octanol–water partition coefficient (Wildman–Crippen LogP) is 4.66. The lowest BCUT2D eigenvalue weighted by atomic mass is 9.99. The minimum absolute atomic E-state index is 0.212. The molecule has 4 aromatic rings. The molecular weight excluding hydrogens is 430 g/mol. The van der Waals surface area contributed by atoms with Gasteiger partial charge in [0, 0.05) is 18.1 Å². The molecule has 4 rings (SSSR count). The zero-order valence-electron chi connectivity index (χ0n) is 19.7. The van der Waals surface area contributed by atoms with E-state index in [1.54, 1.807) is 24.3 Å². The zero-order chi connectivity index (χ0) is 24.2. The largest absolute Gasteiger partial charge is 0.493 e. The number of benzene rings is 3. The second-order valence-corrected chi connectivity index (χ2v) is 8.34. The zero-order valence-corrected chi connectivity index (χ0v) is 19.7. The maximum Gasteiger partial charge on any atom is 0.280 e. The van der Waals surface area contributed by atoms with Gasteiger partial charge >= 0.3 is 0 Å². The van der Waals surface area contributed by atoms with Gasteiger partial charge in [0.1, 0.15) is 5.82 Å². The summed E-state index contributed by atoms with van der Waals surface area (Å²) in [5.41, 5.74) is 5.05. The Labute approximate surface area is 198 Å². The SMILES string of the molecule is COc1cc2nc(CC(C)C)n(NC(=O)c3ccccc3-c3ccccc3)c(=O)c2cc1OC. The smallest absolute Gasteiger partial charge is 0.280 e. The van der Waals surface area contributed by atoms with Crippen LogP contribution in [0.4, 0.5) is 0 Å². The van der Waals surface area contributed by atoms with Gasteiger partial charge in [-0.1, -0.05) is 62.4 Å². The summed E-state index contributed by atoms with van der Waals surface area (Å²) in [4.78, 5) is 31.6. The van der Waals surface area contributed by atoms with Gasteiger partial charge in [-0.3, -0.25) is 15.0 Å². The van der Waals surface area contributed by atoms with Gasteiger partial charge in [-0.25, -0.2) is 9.66 Å². The molecule has 7 nitrogen and oxygen atoms in total. The van der Waals surface area contributed by atoms with Gasteiger partial charge in [0.15, 0.2) is 11.5 Å². The van der Waals surface area contributed by atoms with Crippen molar-refractivity contribution in [2.24, 2.45) is 5.92 Å². The lowest BCUT2D eigenvalue weighted by Crippen LogP contribution is -2.37. The summed E-state index contributed by atoms with van der Waals surface area (Å²) in [5.74, 6) is 1.18. The van der Waals surface area contributed by atoms with Crippen molar-refractivity contribution in [1.29, 1.82) is 0 Å². The van der Waals surface area contributed by atoms with Crippen LogP contribution in [0.1, 0.15) is 30.0 Å². The standard InChI is InChI=1S/C27H27N3O4/c1-17(2)14-25-28-22-16-24(34-4)23(33-3)15-21(22)27(32)30(25)29-26(31)20-13-9-8-12-19(20)18-10-6-5-7-11-18/h5-13,15-17H,14H2,1-4H3,(H,29,31). The van der Waals surface area contributed by atoms with E-state index in [1.807, 2.05) is 56.3 Å². The first-order valence-corrected chi connectivity index (χ1v) is 11.1. The Morgan fingerprint density at radius 1 is 0.971 bits per heavy atom. The van der Waals surface area contributed by atoms with Crippen molar-refractivity contribution < 1.29 is 14.3 Å². The Morgan fingerprint density at radius 3 is 2.29 bits per heavy atom. The van der Waals surface area contributed by atoms with Crippen molar-refractivity contribution in [3.8, 4) is 22.6 Å². The fraction of sp³-hybridized carbons (Fsp3) is 0.222. The summed E-state index contributed by atoms with van der Waals surface area (Å²) in [7, 11) is 3.04. The maximum absolute atomic E-state index is 13.5. The second-order valence-electron chi connectivity index (χ2n) is 8.34. The quantitative estimate of drug-likeness (QED) is 0.436. The number of ether oxygens (including phenoxy) is 2. The number of carbonyl (C=O) groups excluding carboxylic acids is 1. The van der Waals surface area contributed by atoms with Gasteiger partial charge in [-0.2, -0.15) is 0 Å². The van der Waals surface area contributed by atoms with Crippen LogP contribution < -0.4 is 20.5 Å². The van der Waals surface area contributed by atoms with Crippen molar-refractivity contribution in [1.82, 2.24) is 9.66 Å². The molecule has 0 spiro atoms. The fourth-order valence-corrected chi connectivity index (χ4v) is 3.89. The van der Waals surface area contributed by atoms with E-state index in [2.05, 4.69) is 5.43 Å². The van der Waals surface area contributed by atoms with Crippen LogP contribution in [0.15, 0.2) is 71.5 Å². The van der Waals surface area contributed by atoms with Gasteiger partial charge in [0.05, 0.1) is 25.1 Å².